The van der Waals surface area contributed by atoms with Crippen molar-refractivity contribution < 1.29 is 9.53 Å². The molecule has 196 valence electrons. The third-order valence-corrected chi connectivity index (χ3v) is 8.54. The van der Waals surface area contributed by atoms with Gasteiger partial charge in [0, 0.05) is 16.1 Å². The number of allylic oxidation sites excluding steroid dienone is 1. The number of rotatable bonds is 6. The normalized spacial score (nSPS) is 14.9. The number of carbonyl (C=O) groups excluding carboxylic acids is 1. The lowest BCUT2D eigenvalue weighted by atomic mass is 10.0. The lowest BCUT2D eigenvalue weighted by Gasteiger charge is -2.24. The van der Waals surface area contributed by atoms with Gasteiger partial charge in [-0.15, -0.1) is 17.8 Å². The maximum atomic E-state index is 14.1. The van der Waals surface area contributed by atoms with E-state index in [-0.39, 0.29) is 18.1 Å². The Hall–Kier alpha value is -4.71. The van der Waals surface area contributed by atoms with Gasteiger partial charge in [-0.2, -0.15) is 0 Å². The topological polar surface area (TPSA) is 72.7 Å². The van der Waals surface area contributed by atoms with E-state index in [9.17, 15) is 9.59 Å². The summed E-state index contributed by atoms with van der Waals surface area (Å²) in [5, 5.41) is 6.87. The number of hydrogen-bond donors (Lipinski definition) is 1. The Labute approximate surface area is 238 Å². The summed E-state index contributed by atoms with van der Waals surface area (Å²) in [6.07, 6.45) is 7.30. The van der Waals surface area contributed by atoms with Crippen molar-refractivity contribution in [3.05, 3.63) is 126 Å². The fourth-order valence-electron chi connectivity index (χ4n) is 4.85. The molecule has 1 aliphatic rings. The highest BCUT2D eigenvalue weighted by atomic mass is 32.1. The van der Waals surface area contributed by atoms with Crippen molar-refractivity contribution in [3.8, 4) is 18.1 Å². The first kappa shape index (κ1) is 25.6. The van der Waals surface area contributed by atoms with Crippen molar-refractivity contribution in [1.29, 1.82) is 0 Å². The monoisotopic (exact) mass is 561 g/mol. The zero-order chi connectivity index (χ0) is 27.6. The molecule has 40 heavy (non-hydrogen) atoms. The van der Waals surface area contributed by atoms with Crippen molar-refractivity contribution >= 4 is 51.1 Å². The predicted octanol–water partition coefficient (Wildman–Crippen LogP) is 5.10. The summed E-state index contributed by atoms with van der Waals surface area (Å²) in [5.41, 5.74) is 2.22. The van der Waals surface area contributed by atoms with E-state index in [4.69, 9.17) is 16.2 Å². The van der Waals surface area contributed by atoms with E-state index in [0.29, 0.717) is 32.0 Å². The van der Waals surface area contributed by atoms with Crippen LogP contribution in [0.25, 0.3) is 16.8 Å². The van der Waals surface area contributed by atoms with E-state index in [1.807, 2.05) is 97.2 Å². The number of ether oxygens (including phenoxy) is 1. The Balaban J connectivity index is 1.53. The van der Waals surface area contributed by atoms with Crippen molar-refractivity contribution in [3.63, 3.8) is 0 Å². The Bertz CT molecular complexity index is 2000. The van der Waals surface area contributed by atoms with Gasteiger partial charge in [0.15, 0.2) is 4.80 Å². The number of fused-ring (bicyclic) bond motifs is 2. The van der Waals surface area contributed by atoms with Crippen molar-refractivity contribution in [2.45, 2.75) is 13.0 Å². The number of anilines is 1. The van der Waals surface area contributed by atoms with Gasteiger partial charge in [-0.1, -0.05) is 71.9 Å². The first-order valence-corrected chi connectivity index (χ1v) is 14.2. The van der Waals surface area contributed by atoms with Gasteiger partial charge in [0.25, 0.3) is 11.5 Å². The molecule has 0 radical (unpaired) electrons. The summed E-state index contributed by atoms with van der Waals surface area (Å²) in [6, 6.07) is 24.3. The van der Waals surface area contributed by atoms with Gasteiger partial charge in [0.2, 0.25) is 0 Å². The lowest BCUT2D eigenvalue weighted by molar-refractivity contribution is -0.113. The molecule has 0 saturated carbocycles. The summed E-state index contributed by atoms with van der Waals surface area (Å²) in [6.45, 7) is 1.92. The maximum Gasteiger partial charge on any atom is 0.271 e. The van der Waals surface area contributed by atoms with Crippen LogP contribution in [0.5, 0.6) is 5.75 Å². The van der Waals surface area contributed by atoms with E-state index >= 15 is 0 Å². The molecule has 6 rings (SSSR count). The molecular formula is C32H23N3O3S2. The van der Waals surface area contributed by atoms with Gasteiger partial charge in [-0.05, 0) is 53.4 Å². The summed E-state index contributed by atoms with van der Waals surface area (Å²) >= 11 is 2.79. The zero-order valence-corrected chi connectivity index (χ0v) is 23.1. The second-order valence-corrected chi connectivity index (χ2v) is 11.1. The molecule has 0 fully saturated rings. The van der Waals surface area contributed by atoms with Crippen LogP contribution in [0.4, 0.5) is 5.69 Å². The van der Waals surface area contributed by atoms with Crippen LogP contribution in [0.1, 0.15) is 23.4 Å². The fourth-order valence-corrected chi connectivity index (χ4v) is 6.70. The summed E-state index contributed by atoms with van der Waals surface area (Å²) in [5.74, 6) is 2.81. The average Bonchev–Trinajstić information content (AvgIpc) is 3.61. The largest absolute Gasteiger partial charge is 0.480 e. The van der Waals surface area contributed by atoms with Gasteiger partial charge in [-0.25, -0.2) is 4.99 Å². The highest BCUT2D eigenvalue weighted by Gasteiger charge is 2.33. The molecule has 0 aliphatic carbocycles. The predicted molar refractivity (Wildman–Crippen MR) is 161 cm³/mol. The number of terminal acetylenes is 1. The van der Waals surface area contributed by atoms with E-state index in [2.05, 4.69) is 11.2 Å². The SMILES string of the molecule is C#CCOc1ccc2ccccc2c1/C=c1\sc2n(c1=O)C(c1cccs1)C(C(=O)Nc1ccccc1)=C(C)N=2. The fraction of sp³-hybridized carbons (Fsp3) is 0.0938. The molecule has 6 nitrogen and oxygen atoms in total. The van der Waals surface area contributed by atoms with E-state index in [1.165, 1.54) is 22.7 Å². The third-order valence-electron chi connectivity index (χ3n) is 6.63. The second kappa shape index (κ2) is 10.8. The van der Waals surface area contributed by atoms with Crippen LogP contribution in [0.15, 0.2) is 105 Å². The van der Waals surface area contributed by atoms with Gasteiger partial charge in [0.05, 0.1) is 15.8 Å². The molecule has 5 aromatic rings. The van der Waals surface area contributed by atoms with Crippen LogP contribution in [-0.2, 0) is 4.79 Å². The Morgan fingerprint density at radius 3 is 2.67 bits per heavy atom. The molecule has 1 amide bonds. The lowest BCUT2D eigenvalue weighted by Crippen LogP contribution is -2.40. The van der Waals surface area contributed by atoms with E-state index in [1.54, 1.807) is 4.57 Å². The standard InChI is InChI=1S/C32H23N3O3S2/c1-3-17-38-25-16-15-21-10-7-8-13-23(21)24(25)19-27-31(37)35-29(26-14-9-18-39-26)28(20(2)33-32(35)40-27)30(36)34-22-11-5-4-6-12-22/h1,4-16,18-19,29H,17H2,2H3,(H,34,36)/b27-19-. The number of nitrogens with zero attached hydrogens (tertiary/aromatic N) is 2. The average molecular weight is 562 g/mol. The van der Waals surface area contributed by atoms with Crippen molar-refractivity contribution in [2.75, 3.05) is 11.9 Å². The molecular weight excluding hydrogens is 539 g/mol. The third kappa shape index (κ3) is 4.66. The Morgan fingerprint density at radius 2 is 1.90 bits per heavy atom. The van der Waals surface area contributed by atoms with Crippen LogP contribution in [0, 0.1) is 12.3 Å². The van der Waals surface area contributed by atoms with Crippen molar-refractivity contribution in [1.82, 2.24) is 4.57 Å². The molecule has 2 aromatic heterocycles. The van der Waals surface area contributed by atoms with Gasteiger partial charge in [0.1, 0.15) is 18.4 Å². The van der Waals surface area contributed by atoms with Crippen LogP contribution in [-0.4, -0.2) is 17.1 Å². The molecule has 1 N–H and O–H groups in total. The second-order valence-electron chi connectivity index (χ2n) is 9.11. The smallest absolute Gasteiger partial charge is 0.271 e. The van der Waals surface area contributed by atoms with Crippen molar-refractivity contribution in [2.24, 2.45) is 4.99 Å². The number of amides is 1. The quantitative estimate of drug-likeness (QED) is 0.293. The minimum absolute atomic E-state index is 0.109. The van der Waals surface area contributed by atoms with Gasteiger partial charge < -0.3 is 10.1 Å². The minimum Gasteiger partial charge on any atom is -0.480 e. The maximum absolute atomic E-state index is 14.1. The molecule has 8 heteroatoms. The van der Waals surface area contributed by atoms with Crippen LogP contribution in [0.3, 0.4) is 0 Å². The molecule has 3 aromatic carbocycles. The van der Waals surface area contributed by atoms with Crippen LogP contribution in [0.2, 0.25) is 0 Å². The Kier molecular flexibility index (Phi) is 6.91. The Morgan fingerprint density at radius 1 is 1.10 bits per heavy atom. The number of nitrogens with one attached hydrogen (secondary N) is 1. The summed E-state index contributed by atoms with van der Waals surface area (Å²) in [7, 11) is 0. The first-order chi connectivity index (χ1) is 19.5. The first-order valence-electron chi connectivity index (χ1n) is 12.6. The number of thiophene rings is 1. The molecule has 1 atom stereocenters. The molecule has 1 unspecified atom stereocenters. The van der Waals surface area contributed by atoms with E-state index < -0.39 is 6.04 Å². The van der Waals surface area contributed by atoms with E-state index in [0.717, 1.165) is 21.2 Å². The van der Waals surface area contributed by atoms with Gasteiger partial charge >= 0.3 is 0 Å². The number of thiazole rings is 1. The number of carbonyl (C=O) groups is 1. The zero-order valence-electron chi connectivity index (χ0n) is 21.5. The number of para-hydroxylation sites is 1. The molecule has 1 aliphatic heterocycles. The van der Waals surface area contributed by atoms with Crippen LogP contribution >= 0.6 is 22.7 Å². The highest BCUT2D eigenvalue weighted by Crippen LogP contribution is 2.33. The number of hydrogen-bond acceptors (Lipinski definition) is 6. The number of benzene rings is 3. The molecule has 0 bridgehead atoms. The molecule has 0 spiro atoms. The molecule has 3 heterocycles. The summed E-state index contributed by atoms with van der Waals surface area (Å²) in [4.78, 5) is 33.8. The molecule has 0 saturated heterocycles. The van der Waals surface area contributed by atoms with Gasteiger partial charge in [-0.3, -0.25) is 14.2 Å². The van der Waals surface area contributed by atoms with Crippen LogP contribution < -0.4 is 24.9 Å². The minimum atomic E-state index is -0.605. The number of aromatic nitrogens is 1. The summed E-state index contributed by atoms with van der Waals surface area (Å²) < 4.78 is 7.97. The highest BCUT2D eigenvalue weighted by molar-refractivity contribution is 7.10.